The first-order valence-corrected chi connectivity index (χ1v) is 5.47. The highest BCUT2D eigenvalue weighted by Gasteiger charge is 2.37. The summed E-state index contributed by atoms with van der Waals surface area (Å²) in [6.07, 6.45) is 0. The summed E-state index contributed by atoms with van der Waals surface area (Å²) in [6, 6.07) is 0. The van der Waals surface area contributed by atoms with Gasteiger partial charge in [-0.3, -0.25) is 0 Å². The second-order valence-corrected chi connectivity index (χ2v) is 4.23. The SMILES string of the molecule is CCOP(=O)(F)c1c(F)c(F)nc(F)c1F. The molecule has 0 spiro atoms. The number of rotatable bonds is 3. The average molecular weight is 261 g/mol. The Kier molecular flexibility index (Phi) is 3.64. The topological polar surface area (TPSA) is 39.2 Å². The van der Waals surface area contributed by atoms with Gasteiger partial charge in [0.2, 0.25) is 0 Å². The maximum atomic E-state index is 13.2. The Morgan fingerprint density at radius 3 is 2.00 bits per heavy atom. The van der Waals surface area contributed by atoms with Crippen LogP contribution in [-0.2, 0) is 9.09 Å². The third-order valence-corrected chi connectivity index (χ3v) is 3.05. The summed E-state index contributed by atoms with van der Waals surface area (Å²) >= 11 is 0. The molecule has 0 bridgehead atoms. The van der Waals surface area contributed by atoms with Crippen molar-refractivity contribution in [3.05, 3.63) is 23.5 Å². The molecule has 0 aliphatic rings. The predicted molar refractivity (Wildman–Crippen MR) is 44.0 cm³/mol. The van der Waals surface area contributed by atoms with E-state index in [1.54, 1.807) is 0 Å². The number of hydrogen-bond acceptors (Lipinski definition) is 3. The Balaban J connectivity index is 3.49. The lowest BCUT2D eigenvalue weighted by molar-refractivity contribution is 0.309. The van der Waals surface area contributed by atoms with Gasteiger partial charge in [0.1, 0.15) is 5.30 Å². The number of aromatic nitrogens is 1. The van der Waals surface area contributed by atoms with Gasteiger partial charge in [0.15, 0.2) is 11.6 Å². The smallest absolute Gasteiger partial charge is 0.302 e. The predicted octanol–water partition coefficient (Wildman–Crippen LogP) is 2.46. The van der Waals surface area contributed by atoms with Gasteiger partial charge in [0.05, 0.1) is 6.61 Å². The van der Waals surface area contributed by atoms with Crippen LogP contribution in [0.4, 0.5) is 21.8 Å². The van der Waals surface area contributed by atoms with Gasteiger partial charge in [-0.15, -0.1) is 0 Å². The van der Waals surface area contributed by atoms with Gasteiger partial charge in [-0.2, -0.15) is 18.0 Å². The molecule has 0 saturated heterocycles. The summed E-state index contributed by atoms with van der Waals surface area (Å²) in [5.41, 5.74) is 0. The molecule has 0 N–H and O–H groups in total. The van der Waals surface area contributed by atoms with E-state index >= 15 is 0 Å². The third-order valence-electron chi connectivity index (χ3n) is 1.54. The van der Waals surface area contributed by atoms with Crippen LogP contribution in [0.2, 0.25) is 0 Å². The molecular formula is C7H5F5NO2P. The van der Waals surface area contributed by atoms with E-state index < -0.39 is 43.1 Å². The minimum Gasteiger partial charge on any atom is -0.302 e. The standard InChI is InChI=1S/C7H5F5NO2P/c1-2-15-16(12,14)5-3(8)6(10)13-7(11)4(5)9/h2H2,1H3. The number of nitrogens with zero attached hydrogens (tertiary/aromatic N) is 1. The van der Waals surface area contributed by atoms with Gasteiger partial charge in [-0.05, 0) is 6.92 Å². The van der Waals surface area contributed by atoms with E-state index in [1.807, 2.05) is 0 Å². The fraction of sp³-hybridized carbons (Fsp3) is 0.286. The van der Waals surface area contributed by atoms with Crippen LogP contribution in [-0.4, -0.2) is 11.6 Å². The van der Waals surface area contributed by atoms with Gasteiger partial charge in [0.25, 0.3) is 11.9 Å². The van der Waals surface area contributed by atoms with Crippen LogP contribution in [0.1, 0.15) is 6.92 Å². The van der Waals surface area contributed by atoms with Crippen molar-refractivity contribution in [2.75, 3.05) is 6.61 Å². The van der Waals surface area contributed by atoms with E-state index in [2.05, 4.69) is 9.51 Å². The first kappa shape index (κ1) is 13.1. The van der Waals surface area contributed by atoms with Crippen molar-refractivity contribution in [2.45, 2.75) is 6.92 Å². The fourth-order valence-electron chi connectivity index (χ4n) is 0.941. The van der Waals surface area contributed by atoms with E-state index in [-0.39, 0.29) is 0 Å². The van der Waals surface area contributed by atoms with Gasteiger partial charge >= 0.3 is 7.68 Å². The normalized spacial score (nSPS) is 14.9. The van der Waals surface area contributed by atoms with Crippen molar-refractivity contribution >= 4 is 13.0 Å². The average Bonchev–Trinajstić information content (AvgIpc) is 2.14. The van der Waals surface area contributed by atoms with Crippen molar-refractivity contribution in [3.8, 4) is 0 Å². The van der Waals surface area contributed by atoms with E-state index in [0.29, 0.717) is 0 Å². The Labute approximate surface area is 86.8 Å². The molecule has 1 unspecified atom stereocenters. The van der Waals surface area contributed by atoms with Crippen molar-refractivity contribution in [3.63, 3.8) is 0 Å². The number of halogens is 5. The lowest BCUT2D eigenvalue weighted by Gasteiger charge is -2.10. The van der Waals surface area contributed by atoms with Gasteiger partial charge in [0, 0.05) is 0 Å². The Hall–Kier alpha value is -1.01. The molecule has 1 aromatic rings. The summed E-state index contributed by atoms with van der Waals surface area (Å²) in [4.78, 5) is 2.18. The molecule has 1 aromatic heterocycles. The van der Waals surface area contributed by atoms with Crippen LogP contribution in [0, 0.1) is 23.5 Å². The second kappa shape index (κ2) is 4.47. The molecule has 0 aliphatic carbocycles. The zero-order chi connectivity index (χ0) is 12.5. The van der Waals surface area contributed by atoms with Crippen molar-refractivity contribution in [1.82, 2.24) is 4.98 Å². The highest BCUT2D eigenvalue weighted by atomic mass is 31.2. The zero-order valence-corrected chi connectivity index (χ0v) is 8.70. The van der Waals surface area contributed by atoms with E-state index in [1.165, 1.54) is 6.92 Å². The van der Waals surface area contributed by atoms with Crippen LogP contribution >= 0.6 is 7.68 Å². The summed E-state index contributed by atoms with van der Waals surface area (Å²) in [5, 5.41) is -1.90. The Morgan fingerprint density at radius 2 is 1.62 bits per heavy atom. The molecule has 90 valence electrons. The van der Waals surface area contributed by atoms with Crippen LogP contribution in [0.5, 0.6) is 0 Å². The van der Waals surface area contributed by atoms with Crippen molar-refractivity contribution in [1.29, 1.82) is 0 Å². The Morgan fingerprint density at radius 1 is 1.19 bits per heavy atom. The molecule has 0 aromatic carbocycles. The largest absolute Gasteiger partial charge is 0.403 e. The van der Waals surface area contributed by atoms with Crippen LogP contribution < -0.4 is 5.30 Å². The summed E-state index contributed by atoms with van der Waals surface area (Å²) in [7, 11) is -5.44. The quantitative estimate of drug-likeness (QED) is 0.476. The summed E-state index contributed by atoms with van der Waals surface area (Å²) in [5.74, 6) is -8.52. The monoisotopic (exact) mass is 261 g/mol. The molecule has 16 heavy (non-hydrogen) atoms. The second-order valence-electron chi connectivity index (χ2n) is 2.57. The molecule has 9 heteroatoms. The minimum absolute atomic E-state index is 0.488. The molecule has 0 saturated carbocycles. The third kappa shape index (κ3) is 2.22. The molecule has 0 amide bonds. The highest BCUT2D eigenvalue weighted by Crippen LogP contribution is 2.48. The van der Waals surface area contributed by atoms with Crippen LogP contribution in [0.25, 0.3) is 0 Å². The first-order chi connectivity index (χ1) is 7.31. The lowest BCUT2D eigenvalue weighted by Crippen LogP contribution is -2.20. The van der Waals surface area contributed by atoms with Crippen LogP contribution in [0.3, 0.4) is 0 Å². The van der Waals surface area contributed by atoms with E-state index in [4.69, 9.17) is 0 Å². The van der Waals surface area contributed by atoms with Crippen molar-refractivity contribution in [2.24, 2.45) is 0 Å². The molecule has 1 atom stereocenters. The molecule has 3 nitrogen and oxygen atoms in total. The molecular weight excluding hydrogens is 256 g/mol. The van der Waals surface area contributed by atoms with Crippen LogP contribution in [0.15, 0.2) is 0 Å². The summed E-state index contributed by atoms with van der Waals surface area (Å²) < 4.78 is 79.1. The lowest BCUT2D eigenvalue weighted by atomic mass is 10.4. The van der Waals surface area contributed by atoms with E-state index in [0.717, 1.165) is 0 Å². The molecule has 1 rings (SSSR count). The highest BCUT2D eigenvalue weighted by molar-refractivity contribution is 7.61. The number of pyridine rings is 1. The summed E-state index contributed by atoms with van der Waals surface area (Å²) in [6.45, 7) is 0.703. The first-order valence-electron chi connectivity index (χ1n) is 3.96. The number of hydrogen-bond donors (Lipinski definition) is 0. The molecule has 0 radical (unpaired) electrons. The fourth-order valence-corrected chi connectivity index (χ4v) is 2.06. The van der Waals surface area contributed by atoms with Gasteiger partial charge < -0.3 is 4.52 Å². The maximum absolute atomic E-state index is 13.2. The zero-order valence-electron chi connectivity index (χ0n) is 7.81. The minimum atomic E-state index is -5.44. The van der Waals surface area contributed by atoms with E-state index in [9.17, 15) is 26.3 Å². The molecule has 0 fully saturated rings. The Bertz CT molecular complexity index is 440. The van der Waals surface area contributed by atoms with Gasteiger partial charge in [-0.25, -0.2) is 13.3 Å². The van der Waals surface area contributed by atoms with Crippen molar-refractivity contribution < 1.29 is 30.8 Å². The maximum Gasteiger partial charge on any atom is 0.403 e. The van der Waals surface area contributed by atoms with Gasteiger partial charge in [-0.1, -0.05) is 0 Å². The molecule has 0 aliphatic heterocycles. The molecule has 1 heterocycles.